The Bertz CT molecular complexity index is 929. The normalized spacial score (nSPS) is 13.7. The topological polar surface area (TPSA) is 59.8 Å². The molecule has 1 N–H and O–H groups in total. The molecule has 1 saturated carbocycles. The second-order valence-electron chi connectivity index (χ2n) is 6.24. The number of carbonyl (C=O) groups excluding carboxylic acids is 1. The van der Waals surface area contributed by atoms with Gasteiger partial charge in [0.15, 0.2) is 5.82 Å². The Morgan fingerprint density at radius 1 is 1.24 bits per heavy atom. The lowest BCUT2D eigenvalue weighted by Crippen LogP contribution is -2.14. The molecule has 126 valence electrons. The maximum Gasteiger partial charge on any atom is 0.258 e. The summed E-state index contributed by atoms with van der Waals surface area (Å²) in [5, 5.41) is 7.17. The van der Waals surface area contributed by atoms with E-state index in [-0.39, 0.29) is 5.56 Å². The van der Waals surface area contributed by atoms with Crippen molar-refractivity contribution in [2.75, 3.05) is 5.32 Å². The summed E-state index contributed by atoms with van der Waals surface area (Å²) in [4.78, 5) is 16.5. The van der Waals surface area contributed by atoms with E-state index in [1.165, 1.54) is 30.7 Å². The van der Waals surface area contributed by atoms with Crippen LogP contribution in [0.15, 0.2) is 48.7 Å². The summed E-state index contributed by atoms with van der Waals surface area (Å²) in [7, 11) is 0. The second kappa shape index (κ2) is 6.12. The quantitative estimate of drug-likeness (QED) is 0.787. The van der Waals surface area contributed by atoms with Gasteiger partial charge in [-0.05, 0) is 50.1 Å². The Labute approximate surface area is 144 Å². The Hall–Kier alpha value is -3.02. The van der Waals surface area contributed by atoms with Gasteiger partial charge in [-0.15, -0.1) is 0 Å². The summed E-state index contributed by atoms with van der Waals surface area (Å²) in [6, 6.07) is 11.5. The lowest BCUT2D eigenvalue weighted by atomic mass is 10.2. The van der Waals surface area contributed by atoms with Crippen LogP contribution in [-0.4, -0.2) is 20.7 Å². The number of hydrogen-bond donors (Lipinski definition) is 1. The van der Waals surface area contributed by atoms with E-state index in [9.17, 15) is 9.18 Å². The van der Waals surface area contributed by atoms with Crippen LogP contribution in [0.5, 0.6) is 0 Å². The van der Waals surface area contributed by atoms with Gasteiger partial charge in [-0.1, -0.05) is 12.1 Å². The number of aryl methyl sites for hydroxylation is 1. The summed E-state index contributed by atoms with van der Waals surface area (Å²) in [6.45, 7) is 1.96. The summed E-state index contributed by atoms with van der Waals surface area (Å²) >= 11 is 0. The number of benzene rings is 1. The van der Waals surface area contributed by atoms with Gasteiger partial charge in [-0.25, -0.2) is 14.1 Å². The first-order valence-corrected chi connectivity index (χ1v) is 8.20. The molecule has 2 aromatic heterocycles. The van der Waals surface area contributed by atoms with Crippen molar-refractivity contribution in [2.24, 2.45) is 0 Å². The molecular weight excluding hydrogens is 319 g/mol. The Morgan fingerprint density at radius 2 is 2.04 bits per heavy atom. The standard InChI is InChI=1S/C19H17FN4O/c1-12-10-17(13-6-7-13)24(23-12)18-9-8-14(11-21-18)22-19(25)15-4-2-3-5-16(15)20/h2-5,8-11,13H,6-7H2,1H3,(H,22,25). The number of nitrogens with zero attached hydrogens (tertiary/aromatic N) is 3. The van der Waals surface area contributed by atoms with Crippen LogP contribution in [0.1, 0.15) is 40.5 Å². The Morgan fingerprint density at radius 3 is 2.72 bits per heavy atom. The zero-order chi connectivity index (χ0) is 17.4. The summed E-state index contributed by atoms with van der Waals surface area (Å²) in [5.74, 6) is 0.217. The molecule has 2 heterocycles. The number of pyridine rings is 1. The molecule has 0 bridgehead atoms. The molecule has 1 amide bonds. The number of nitrogens with one attached hydrogen (secondary N) is 1. The van der Waals surface area contributed by atoms with Crippen LogP contribution < -0.4 is 5.32 Å². The molecule has 1 aliphatic carbocycles. The van der Waals surface area contributed by atoms with Gasteiger partial charge in [-0.3, -0.25) is 4.79 Å². The molecule has 0 spiro atoms. The van der Waals surface area contributed by atoms with Crippen molar-refractivity contribution in [3.63, 3.8) is 0 Å². The third-order valence-electron chi connectivity index (χ3n) is 4.20. The zero-order valence-corrected chi connectivity index (χ0v) is 13.7. The van der Waals surface area contributed by atoms with Gasteiger partial charge >= 0.3 is 0 Å². The predicted molar refractivity (Wildman–Crippen MR) is 92.4 cm³/mol. The van der Waals surface area contributed by atoms with Crippen LogP contribution in [0.3, 0.4) is 0 Å². The molecule has 5 nitrogen and oxygen atoms in total. The minimum absolute atomic E-state index is 0.00490. The molecule has 3 aromatic rings. The van der Waals surface area contributed by atoms with Crippen LogP contribution >= 0.6 is 0 Å². The third-order valence-corrected chi connectivity index (χ3v) is 4.20. The van der Waals surface area contributed by atoms with Gasteiger partial charge in [0.25, 0.3) is 5.91 Å². The van der Waals surface area contributed by atoms with Gasteiger partial charge in [0.2, 0.25) is 0 Å². The fourth-order valence-electron chi connectivity index (χ4n) is 2.80. The third kappa shape index (κ3) is 3.15. The number of hydrogen-bond acceptors (Lipinski definition) is 3. The fraction of sp³-hybridized carbons (Fsp3) is 0.211. The first-order valence-electron chi connectivity index (χ1n) is 8.20. The highest BCUT2D eigenvalue weighted by molar-refractivity contribution is 6.04. The lowest BCUT2D eigenvalue weighted by Gasteiger charge is -2.08. The molecule has 0 saturated heterocycles. The molecule has 4 rings (SSSR count). The number of halogens is 1. The van der Waals surface area contributed by atoms with Crippen molar-refractivity contribution >= 4 is 11.6 Å². The SMILES string of the molecule is Cc1cc(C2CC2)n(-c2ccc(NC(=O)c3ccccc3F)cn2)n1. The average Bonchev–Trinajstić information content (AvgIpc) is 3.38. The number of aromatic nitrogens is 3. The first-order chi connectivity index (χ1) is 12.1. The highest BCUT2D eigenvalue weighted by Crippen LogP contribution is 2.40. The van der Waals surface area contributed by atoms with Gasteiger partial charge in [0.05, 0.1) is 23.1 Å². The van der Waals surface area contributed by atoms with E-state index in [4.69, 9.17) is 0 Å². The minimum atomic E-state index is -0.550. The average molecular weight is 336 g/mol. The molecule has 0 radical (unpaired) electrons. The van der Waals surface area contributed by atoms with E-state index in [0.29, 0.717) is 17.4 Å². The molecule has 0 atom stereocenters. The van der Waals surface area contributed by atoms with Gasteiger partial charge in [-0.2, -0.15) is 5.10 Å². The van der Waals surface area contributed by atoms with Gasteiger partial charge < -0.3 is 5.32 Å². The van der Waals surface area contributed by atoms with Crippen molar-refractivity contribution in [3.8, 4) is 5.82 Å². The number of rotatable bonds is 4. The molecule has 0 unspecified atom stereocenters. The monoisotopic (exact) mass is 336 g/mol. The van der Waals surface area contributed by atoms with E-state index in [1.807, 2.05) is 11.6 Å². The highest BCUT2D eigenvalue weighted by atomic mass is 19.1. The molecule has 1 aromatic carbocycles. The van der Waals surface area contributed by atoms with Crippen LogP contribution in [0.4, 0.5) is 10.1 Å². The molecular formula is C19H17FN4O. The van der Waals surface area contributed by atoms with Crippen molar-refractivity contribution in [1.29, 1.82) is 0 Å². The van der Waals surface area contributed by atoms with Crippen molar-refractivity contribution < 1.29 is 9.18 Å². The van der Waals surface area contributed by atoms with E-state index in [0.717, 1.165) is 5.69 Å². The van der Waals surface area contributed by atoms with Crippen LogP contribution in [0.25, 0.3) is 5.82 Å². The Kier molecular flexibility index (Phi) is 3.80. The maximum atomic E-state index is 13.7. The number of amides is 1. The van der Waals surface area contributed by atoms with Crippen LogP contribution in [-0.2, 0) is 0 Å². The van der Waals surface area contributed by atoms with E-state index in [1.54, 1.807) is 30.5 Å². The van der Waals surface area contributed by atoms with Crippen LogP contribution in [0, 0.1) is 12.7 Å². The van der Waals surface area contributed by atoms with E-state index in [2.05, 4.69) is 21.5 Å². The summed E-state index contributed by atoms with van der Waals surface area (Å²) in [5.41, 5.74) is 2.65. The highest BCUT2D eigenvalue weighted by Gasteiger charge is 2.28. The molecule has 25 heavy (non-hydrogen) atoms. The van der Waals surface area contributed by atoms with Crippen molar-refractivity contribution in [3.05, 3.63) is 71.4 Å². The second-order valence-corrected chi connectivity index (χ2v) is 6.24. The van der Waals surface area contributed by atoms with Crippen molar-refractivity contribution in [2.45, 2.75) is 25.7 Å². The molecule has 1 fully saturated rings. The summed E-state index contributed by atoms with van der Waals surface area (Å²) in [6.07, 6.45) is 3.92. The van der Waals surface area contributed by atoms with Gasteiger partial charge in [0, 0.05) is 11.6 Å². The number of anilines is 1. The smallest absolute Gasteiger partial charge is 0.258 e. The lowest BCUT2D eigenvalue weighted by molar-refractivity contribution is 0.102. The first kappa shape index (κ1) is 15.5. The predicted octanol–water partition coefficient (Wildman–Crippen LogP) is 3.84. The Balaban J connectivity index is 1.55. The van der Waals surface area contributed by atoms with E-state index < -0.39 is 11.7 Å². The molecule has 1 aliphatic rings. The van der Waals surface area contributed by atoms with Crippen molar-refractivity contribution in [1.82, 2.24) is 14.8 Å². The summed E-state index contributed by atoms with van der Waals surface area (Å²) < 4.78 is 15.5. The fourth-order valence-corrected chi connectivity index (χ4v) is 2.80. The van der Waals surface area contributed by atoms with E-state index >= 15 is 0 Å². The van der Waals surface area contributed by atoms with Crippen LogP contribution in [0.2, 0.25) is 0 Å². The maximum absolute atomic E-state index is 13.7. The molecule has 0 aliphatic heterocycles. The number of carbonyl (C=O) groups is 1. The minimum Gasteiger partial charge on any atom is -0.320 e. The largest absolute Gasteiger partial charge is 0.320 e. The zero-order valence-electron chi connectivity index (χ0n) is 13.7. The molecule has 6 heteroatoms. The van der Waals surface area contributed by atoms with Gasteiger partial charge in [0.1, 0.15) is 5.82 Å².